The molecule has 0 radical (unpaired) electrons. The second-order valence-corrected chi connectivity index (χ2v) is 8.30. The Kier molecular flexibility index (Phi) is 5.12. The summed E-state index contributed by atoms with van der Waals surface area (Å²) in [5.41, 5.74) is 3.76. The summed E-state index contributed by atoms with van der Waals surface area (Å²) in [5, 5.41) is 0. The highest BCUT2D eigenvalue weighted by molar-refractivity contribution is 5.55. The first-order valence-electron chi connectivity index (χ1n) is 10.9. The average Bonchev–Trinajstić information content (AvgIpc) is 3.29. The van der Waals surface area contributed by atoms with Crippen LogP contribution >= 0.6 is 0 Å². The van der Waals surface area contributed by atoms with Crippen molar-refractivity contribution in [2.75, 3.05) is 42.5 Å². The first-order chi connectivity index (χ1) is 13.9. The quantitative estimate of drug-likeness (QED) is 0.815. The Morgan fingerprint density at radius 2 is 1.61 bits per heavy atom. The van der Waals surface area contributed by atoms with E-state index in [9.17, 15) is 0 Å². The van der Waals surface area contributed by atoms with Gasteiger partial charge in [-0.2, -0.15) is 4.98 Å². The number of piperidine rings is 1. The third-order valence-corrected chi connectivity index (χ3v) is 6.26. The molecule has 0 bridgehead atoms. The number of pyridine rings is 1. The Labute approximate surface area is 167 Å². The van der Waals surface area contributed by atoms with Crippen molar-refractivity contribution in [2.24, 2.45) is 0 Å². The smallest absolute Gasteiger partial charge is 0.227 e. The van der Waals surface area contributed by atoms with Crippen LogP contribution in [0.15, 0.2) is 24.4 Å². The Balaban J connectivity index is 1.44. The first-order valence-corrected chi connectivity index (χ1v) is 10.9. The van der Waals surface area contributed by atoms with E-state index in [1.807, 2.05) is 12.3 Å². The van der Waals surface area contributed by atoms with E-state index in [-0.39, 0.29) is 0 Å². The Morgan fingerprint density at radius 1 is 0.821 bits per heavy atom. The second kappa shape index (κ2) is 8.03. The molecule has 0 unspecified atom stereocenters. The topological polar surface area (TPSA) is 48.4 Å². The number of hydrogen-bond donors (Lipinski definition) is 0. The van der Waals surface area contributed by atoms with Crippen LogP contribution in [0.5, 0.6) is 0 Å². The molecule has 0 aromatic carbocycles. The van der Waals surface area contributed by atoms with Crippen LogP contribution in [0.1, 0.15) is 49.1 Å². The van der Waals surface area contributed by atoms with Crippen molar-refractivity contribution in [2.45, 2.75) is 51.6 Å². The highest BCUT2D eigenvalue weighted by Crippen LogP contribution is 2.32. The van der Waals surface area contributed by atoms with Crippen LogP contribution < -0.4 is 9.80 Å². The van der Waals surface area contributed by atoms with Gasteiger partial charge in [-0.05, 0) is 44.2 Å². The maximum atomic E-state index is 5.13. The van der Waals surface area contributed by atoms with Crippen molar-refractivity contribution in [3.63, 3.8) is 0 Å². The molecule has 2 saturated heterocycles. The minimum absolute atomic E-state index is 0.896. The zero-order valence-corrected chi connectivity index (χ0v) is 16.7. The van der Waals surface area contributed by atoms with Gasteiger partial charge in [0.2, 0.25) is 5.95 Å². The van der Waals surface area contributed by atoms with Crippen molar-refractivity contribution >= 4 is 11.8 Å². The molecule has 5 rings (SSSR count). The standard InChI is InChI=1S/C22H30N6/c1-4-13-28(14-5-1)22-24-20-9-15-26(16-18-8-2-3-10-23-18)17-19(20)21(25-22)27-11-6-7-12-27/h2-3,8,10H,1,4-7,9,11-17H2. The van der Waals surface area contributed by atoms with Crippen LogP contribution in [-0.2, 0) is 19.5 Å². The molecule has 0 saturated carbocycles. The molecule has 6 heteroatoms. The summed E-state index contributed by atoms with van der Waals surface area (Å²) < 4.78 is 0. The van der Waals surface area contributed by atoms with Crippen molar-refractivity contribution in [3.8, 4) is 0 Å². The van der Waals surface area contributed by atoms with E-state index in [4.69, 9.17) is 9.97 Å². The number of rotatable bonds is 4. The molecule has 0 atom stereocenters. The molecular formula is C22H30N6. The fraction of sp³-hybridized carbons (Fsp3) is 0.591. The van der Waals surface area contributed by atoms with Gasteiger partial charge >= 0.3 is 0 Å². The molecule has 0 amide bonds. The summed E-state index contributed by atoms with van der Waals surface area (Å²) in [7, 11) is 0. The van der Waals surface area contributed by atoms with E-state index in [1.54, 1.807) is 0 Å². The van der Waals surface area contributed by atoms with Crippen molar-refractivity contribution in [1.82, 2.24) is 19.9 Å². The predicted molar refractivity (Wildman–Crippen MR) is 112 cm³/mol. The van der Waals surface area contributed by atoms with Gasteiger partial charge in [-0.3, -0.25) is 9.88 Å². The average molecular weight is 379 g/mol. The zero-order chi connectivity index (χ0) is 18.8. The SMILES string of the molecule is c1ccc(CN2CCc3nc(N4CCCCC4)nc(N4CCCC4)c3C2)nc1. The Bertz CT molecular complexity index is 796. The van der Waals surface area contributed by atoms with Crippen LogP contribution in [0.3, 0.4) is 0 Å². The lowest BCUT2D eigenvalue weighted by Gasteiger charge is -2.33. The summed E-state index contributed by atoms with van der Waals surface area (Å²) >= 11 is 0. The van der Waals surface area contributed by atoms with Gasteiger partial charge in [-0.15, -0.1) is 0 Å². The molecule has 28 heavy (non-hydrogen) atoms. The number of anilines is 2. The maximum Gasteiger partial charge on any atom is 0.227 e. The number of fused-ring (bicyclic) bond motifs is 1. The predicted octanol–water partition coefficient (Wildman–Crippen LogP) is 3.02. The Morgan fingerprint density at radius 3 is 2.39 bits per heavy atom. The van der Waals surface area contributed by atoms with Crippen LogP contribution in [0.25, 0.3) is 0 Å². The lowest BCUT2D eigenvalue weighted by molar-refractivity contribution is 0.240. The van der Waals surface area contributed by atoms with E-state index in [2.05, 4.69) is 31.8 Å². The van der Waals surface area contributed by atoms with Crippen molar-refractivity contribution in [1.29, 1.82) is 0 Å². The van der Waals surface area contributed by atoms with E-state index < -0.39 is 0 Å². The van der Waals surface area contributed by atoms with E-state index >= 15 is 0 Å². The normalized spacial score (nSPS) is 20.4. The van der Waals surface area contributed by atoms with Gasteiger partial charge in [0, 0.05) is 64.0 Å². The van der Waals surface area contributed by atoms with Gasteiger partial charge in [0.05, 0.1) is 11.4 Å². The Hall–Kier alpha value is -2.21. The van der Waals surface area contributed by atoms with Gasteiger partial charge in [0.15, 0.2) is 0 Å². The molecule has 3 aliphatic rings. The van der Waals surface area contributed by atoms with Crippen LogP contribution in [-0.4, -0.2) is 52.6 Å². The third kappa shape index (κ3) is 3.70. The van der Waals surface area contributed by atoms with Crippen LogP contribution in [0.2, 0.25) is 0 Å². The van der Waals surface area contributed by atoms with Crippen molar-refractivity contribution in [3.05, 3.63) is 41.3 Å². The molecule has 3 aliphatic heterocycles. The van der Waals surface area contributed by atoms with Crippen LogP contribution in [0, 0.1) is 0 Å². The largest absolute Gasteiger partial charge is 0.356 e. The lowest BCUT2D eigenvalue weighted by atomic mass is 10.0. The molecule has 0 spiro atoms. The van der Waals surface area contributed by atoms with Gasteiger partial charge in [0.25, 0.3) is 0 Å². The van der Waals surface area contributed by atoms with Crippen molar-refractivity contribution < 1.29 is 0 Å². The fourth-order valence-electron chi connectivity index (χ4n) is 4.72. The highest BCUT2D eigenvalue weighted by Gasteiger charge is 2.28. The molecule has 0 N–H and O–H groups in total. The molecule has 0 aliphatic carbocycles. The molecule has 6 nitrogen and oxygen atoms in total. The number of aromatic nitrogens is 3. The number of nitrogens with zero attached hydrogens (tertiary/aromatic N) is 6. The summed E-state index contributed by atoms with van der Waals surface area (Å²) in [6.45, 7) is 7.32. The summed E-state index contributed by atoms with van der Waals surface area (Å²) in [5.74, 6) is 2.17. The molecule has 148 valence electrons. The lowest BCUT2D eigenvalue weighted by Crippen LogP contribution is -2.36. The zero-order valence-electron chi connectivity index (χ0n) is 16.7. The highest BCUT2D eigenvalue weighted by atomic mass is 15.3. The molecule has 2 aromatic heterocycles. The molecule has 2 fully saturated rings. The molecule has 2 aromatic rings. The molecular weight excluding hydrogens is 348 g/mol. The van der Waals surface area contributed by atoms with Gasteiger partial charge in [-0.1, -0.05) is 6.07 Å². The first kappa shape index (κ1) is 17.9. The second-order valence-electron chi connectivity index (χ2n) is 8.30. The number of hydrogen-bond acceptors (Lipinski definition) is 6. The minimum atomic E-state index is 0.896. The summed E-state index contributed by atoms with van der Waals surface area (Å²) in [4.78, 5) is 22.1. The third-order valence-electron chi connectivity index (χ3n) is 6.26. The minimum Gasteiger partial charge on any atom is -0.356 e. The van der Waals surface area contributed by atoms with Gasteiger partial charge in [-0.25, -0.2) is 4.98 Å². The fourth-order valence-corrected chi connectivity index (χ4v) is 4.72. The monoisotopic (exact) mass is 378 g/mol. The summed E-state index contributed by atoms with van der Waals surface area (Å²) in [6.07, 6.45) is 9.30. The van der Waals surface area contributed by atoms with E-state index in [1.165, 1.54) is 49.2 Å². The van der Waals surface area contributed by atoms with E-state index in [0.717, 1.165) is 63.9 Å². The van der Waals surface area contributed by atoms with Gasteiger partial charge < -0.3 is 9.80 Å². The maximum absolute atomic E-state index is 5.13. The van der Waals surface area contributed by atoms with Gasteiger partial charge in [0.1, 0.15) is 5.82 Å². The summed E-state index contributed by atoms with van der Waals surface area (Å²) in [6, 6.07) is 6.17. The molecule has 5 heterocycles. The van der Waals surface area contributed by atoms with Crippen LogP contribution in [0.4, 0.5) is 11.8 Å². The van der Waals surface area contributed by atoms with E-state index in [0.29, 0.717) is 0 Å².